The van der Waals surface area contributed by atoms with Gasteiger partial charge in [-0.3, -0.25) is 14.9 Å². The molecule has 9 heteroatoms. The van der Waals surface area contributed by atoms with Gasteiger partial charge in [-0.15, -0.1) is 0 Å². The van der Waals surface area contributed by atoms with Crippen molar-refractivity contribution >= 4 is 17.8 Å². The van der Waals surface area contributed by atoms with E-state index < -0.39 is 23.9 Å². The van der Waals surface area contributed by atoms with Crippen LogP contribution in [-0.4, -0.2) is 42.7 Å². The fourth-order valence-corrected chi connectivity index (χ4v) is 4.03. The van der Waals surface area contributed by atoms with E-state index in [1.807, 2.05) is 32.1 Å². The summed E-state index contributed by atoms with van der Waals surface area (Å²) >= 11 is 0. The highest BCUT2D eigenvalue weighted by atomic mass is 16.6. The molecule has 5 N–H and O–H groups in total. The van der Waals surface area contributed by atoms with Crippen molar-refractivity contribution in [3.05, 3.63) is 70.5 Å². The van der Waals surface area contributed by atoms with Gasteiger partial charge in [0.25, 0.3) is 0 Å². The zero-order chi connectivity index (χ0) is 29.4. The van der Waals surface area contributed by atoms with Gasteiger partial charge in [0.15, 0.2) is 0 Å². The average Bonchev–Trinajstić information content (AvgIpc) is 2.92. The molecule has 1 saturated carbocycles. The van der Waals surface area contributed by atoms with Gasteiger partial charge in [0.05, 0.1) is 13.0 Å². The van der Waals surface area contributed by atoms with Crippen LogP contribution in [0.4, 0.5) is 4.79 Å². The number of aliphatic carboxylic acids is 1. The second kappa shape index (κ2) is 17.7. The molecule has 0 bridgehead atoms. The normalized spacial score (nSPS) is 17.9. The van der Waals surface area contributed by atoms with Crippen LogP contribution in [0.25, 0.3) is 0 Å². The summed E-state index contributed by atoms with van der Waals surface area (Å²) in [6.45, 7) is 9.64. The monoisotopic (exact) mass is 543 g/mol. The predicted molar refractivity (Wildman–Crippen MR) is 153 cm³/mol. The number of carboxylic acid groups (broad SMARTS) is 1. The van der Waals surface area contributed by atoms with Gasteiger partial charge in [0.2, 0.25) is 5.78 Å². The molecular formula is C30H45N3O6. The number of Topliss-reactive ketones (excluding diaryl/α,β-unsaturated/α-hetero) is 1. The summed E-state index contributed by atoms with van der Waals surface area (Å²) in [5.74, 6) is -0.377. The predicted octanol–water partition coefficient (Wildman–Crippen LogP) is 5.39. The zero-order valence-electron chi connectivity index (χ0n) is 24.1. The summed E-state index contributed by atoms with van der Waals surface area (Å²) in [5, 5.41) is 14.1. The molecule has 0 aromatic carbocycles. The fourth-order valence-electron chi connectivity index (χ4n) is 4.03. The summed E-state index contributed by atoms with van der Waals surface area (Å²) in [4.78, 5) is 35.5. The van der Waals surface area contributed by atoms with Crippen LogP contribution in [0.5, 0.6) is 0 Å². The van der Waals surface area contributed by atoms with Crippen molar-refractivity contribution in [3.8, 4) is 0 Å². The SMILES string of the molecule is CC/C=C(C)/C(=C\C=C(/C)C(=O)/C(NC(=O)OC(C)C1=CNCC=C1)=C(/C)N)OC.O=C(O)C1CCCCC1. The van der Waals surface area contributed by atoms with Crippen LogP contribution < -0.4 is 16.4 Å². The molecule has 0 aromatic heterocycles. The second-order valence-corrected chi connectivity index (χ2v) is 9.57. The fraction of sp³-hybridized carbons (Fsp3) is 0.500. The molecular weight excluding hydrogens is 498 g/mol. The van der Waals surface area contributed by atoms with E-state index in [4.69, 9.17) is 20.3 Å². The number of ketones is 1. The van der Waals surface area contributed by atoms with E-state index in [0.717, 1.165) is 49.8 Å². The van der Waals surface area contributed by atoms with Crippen LogP contribution in [0.3, 0.4) is 0 Å². The van der Waals surface area contributed by atoms with Crippen molar-refractivity contribution in [1.29, 1.82) is 0 Å². The maximum absolute atomic E-state index is 12.8. The topological polar surface area (TPSA) is 140 Å². The number of ether oxygens (including phenoxy) is 2. The van der Waals surface area contributed by atoms with E-state index in [-0.39, 0.29) is 17.3 Å². The number of allylic oxidation sites excluding steroid dienone is 6. The Morgan fingerprint density at radius 1 is 1.15 bits per heavy atom. The Balaban J connectivity index is 0.000000708. The van der Waals surface area contributed by atoms with Crippen LogP contribution in [0.2, 0.25) is 0 Å². The summed E-state index contributed by atoms with van der Waals surface area (Å²) in [6.07, 6.45) is 15.9. The first-order valence-corrected chi connectivity index (χ1v) is 13.4. The summed E-state index contributed by atoms with van der Waals surface area (Å²) in [7, 11) is 1.57. The summed E-state index contributed by atoms with van der Waals surface area (Å²) < 4.78 is 10.7. The van der Waals surface area contributed by atoms with Crippen molar-refractivity contribution in [3.63, 3.8) is 0 Å². The van der Waals surface area contributed by atoms with E-state index in [9.17, 15) is 14.4 Å². The number of carbonyl (C=O) groups excluding carboxylic acids is 2. The molecule has 2 rings (SSSR count). The Morgan fingerprint density at radius 3 is 2.31 bits per heavy atom. The molecule has 2 aliphatic rings. The first kappa shape index (κ1) is 33.3. The lowest BCUT2D eigenvalue weighted by atomic mass is 9.90. The number of hydrogen-bond acceptors (Lipinski definition) is 7. The Morgan fingerprint density at radius 2 is 1.82 bits per heavy atom. The molecule has 0 aromatic rings. The standard InChI is InChI=1S/C23H33N3O4.C7H12O2/c1-7-9-15(2)20(29-6)12-11-16(3)22(27)21(17(4)24)26-23(28)30-18(5)19-10-8-13-25-14-19;8-7(9)6-4-2-1-3-5-6/h8-12,14,18,25H,7,13,24H2,1-6H3,(H,26,28);6H,1-5H2,(H,8,9)/b15-9+,16-11+,20-12+,21-17+;. The molecule has 1 heterocycles. The summed E-state index contributed by atoms with van der Waals surface area (Å²) in [6, 6.07) is 0. The minimum absolute atomic E-state index is 0.0135. The molecule has 216 valence electrons. The van der Waals surface area contributed by atoms with E-state index in [0.29, 0.717) is 11.3 Å². The average molecular weight is 544 g/mol. The van der Waals surface area contributed by atoms with Gasteiger partial charge in [-0.05, 0) is 64.2 Å². The number of hydrogen-bond donors (Lipinski definition) is 4. The molecule has 1 atom stereocenters. The molecule has 0 saturated heterocycles. The van der Waals surface area contributed by atoms with Crippen molar-refractivity contribution in [2.75, 3.05) is 13.7 Å². The van der Waals surface area contributed by atoms with Crippen LogP contribution in [0, 0.1) is 5.92 Å². The number of dihydropyridines is 1. The first-order chi connectivity index (χ1) is 18.5. The van der Waals surface area contributed by atoms with Gasteiger partial charge < -0.3 is 25.6 Å². The highest BCUT2D eigenvalue weighted by molar-refractivity contribution is 6.09. The molecule has 1 aliphatic carbocycles. The smallest absolute Gasteiger partial charge is 0.412 e. The number of carboxylic acids is 1. The van der Waals surface area contributed by atoms with E-state index in [2.05, 4.69) is 10.6 Å². The number of methoxy groups -OCH3 is 1. The van der Waals surface area contributed by atoms with Gasteiger partial charge >= 0.3 is 12.1 Å². The van der Waals surface area contributed by atoms with Gasteiger partial charge in [-0.1, -0.05) is 50.5 Å². The van der Waals surface area contributed by atoms with Gasteiger partial charge in [-0.2, -0.15) is 0 Å². The van der Waals surface area contributed by atoms with Crippen molar-refractivity contribution in [2.45, 2.75) is 79.2 Å². The van der Waals surface area contributed by atoms with Crippen molar-refractivity contribution in [2.24, 2.45) is 11.7 Å². The van der Waals surface area contributed by atoms with Gasteiger partial charge in [0.1, 0.15) is 17.6 Å². The highest BCUT2D eigenvalue weighted by Crippen LogP contribution is 2.23. The van der Waals surface area contributed by atoms with Crippen LogP contribution in [0.15, 0.2) is 70.5 Å². The van der Waals surface area contributed by atoms with Crippen LogP contribution >= 0.6 is 0 Å². The molecule has 1 amide bonds. The largest absolute Gasteiger partial charge is 0.497 e. The maximum atomic E-state index is 12.8. The number of rotatable bonds is 10. The number of alkyl carbamates (subject to hydrolysis) is 1. The number of nitrogens with two attached hydrogens (primary N) is 1. The van der Waals surface area contributed by atoms with Gasteiger partial charge in [-0.25, -0.2) is 4.79 Å². The lowest BCUT2D eigenvalue weighted by Gasteiger charge is -2.18. The Labute approximate surface area is 232 Å². The van der Waals surface area contributed by atoms with Crippen molar-refractivity contribution < 1.29 is 29.0 Å². The van der Waals surface area contributed by atoms with E-state index in [1.54, 1.807) is 46.2 Å². The molecule has 1 fully saturated rings. The van der Waals surface area contributed by atoms with E-state index >= 15 is 0 Å². The lowest BCUT2D eigenvalue weighted by Crippen LogP contribution is -2.33. The molecule has 0 radical (unpaired) electrons. The number of carbonyl (C=O) groups is 3. The molecule has 0 spiro atoms. The maximum Gasteiger partial charge on any atom is 0.412 e. The molecule has 1 unspecified atom stereocenters. The Bertz CT molecular complexity index is 1040. The quantitative estimate of drug-likeness (QED) is 0.163. The minimum atomic E-state index is -0.752. The molecule has 1 aliphatic heterocycles. The first-order valence-electron chi connectivity index (χ1n) is 13.4. The molecule has 9 nitrogen and oxygen atoms in total. The minimum Gasteiger partial charge on any atom is -0.497 e. The van der Waals surface area contributed by atoms with E-state index in [1.165, 1.54) is 6.42 Å². The van der Waals surface area contributed by atoms with Crippen LogP contribution in [0.1, 0.15) is 73.1 Å². The third-order valence-electron chi connectivity index (χ3n) is 6.33. The lowest BCUT2D eigenvalue weighted by molar-refractivity contribution is -0.142. The van der Waals surface area contributed by atoms with Crippen molar-refractivity contribution in [1.82, 2.24) is 10.6 Å². The number of nitrogens with one attached hydrogen (secondary N) is 2. The zero-order valence-corrected chi connectivity index (χ0v) is 24.1. The number of amides is 1. The Hall–Kier alpha value is -3.75. The van der Waals surface area contributed by atoms with Gasteiger partial charge in [0, 0.05) is 24.0 Å². The highest BCUT2D eigenvalue weighted by Gasteiger charge is 2.21. The molecule has 39 heavy (non-hydrogen) atoms. The third-order valence-corrected chi connectivity index (χ3v) is 6.33. The second-order valence-electron chi connectivity index (χ2n) is 9.57. The summed E-state index contributed by atoms with van der Waals surface area (Å²) in [5.41, 5.74) is 8.21. The third kappa shape index (κ3) is 12.1. The Kier molecular flexibility index (Phi) is 15.1. The van der Waals surface area contributed by atoms with Crippen LogP contribution in [-0.2, 0) is 19.1 Å².